The summed E-state index contributed by atoms with van der Waals surface area (Å²) >= 11 is 0. The van der Waals surface area contributed by atoms with Crippen LogP contribution in [0.15, 0.2) is 30.3 Å². The summed E-state index contributed by atoms with van der Waals surface area (Å²) in [5.41, 5.74) is 17.6. The van der Waals surface area contributed by atoms with E-state index in [4.69, 9.17) is 17.2 Å². The normalized spacial score (nSPS) is 14.8. The molecule has 0 aliphatic heterocycles. The molecule has 12 nitrogen and oxygen atoms in total. The van der Waals surface area contributed by atoms with Gasteiger partial charge in [-0.2, -0.15) is 0 Å². The van der Waals surface area contributed by atoms with Crippen LogP contribution in [0.4, 0.5) is 0 Å². The van der Waals surface area contributed by atoms with Crippen molar-refractivity contribution in [2.24, 2.45) is 23.1 Å². The Morgan fingerprint density at radius 2 is 1.53 bits per heavy atom. The number of benzene rings is 1. The average Bonchev–Trinajstić information content (AvgIpc) is 2.88. The van der Waals surface area contributed by atoms with Crippen LogP contribution in [0.3, 0.4) is 0 Å². The van der Waals surface area contributed by atoms with Gasteiger partial charge >= 0.3 is 5.97 Å². The molecule has 0 saturated heterocycles. The van der Waals surface area contributed by atoms with Gasteiger partial charge in [-0.05, 0) is 50.1 Å². The molecule has 1 aromatic carbocycles. The number of hydrogen-bond acceptors (Lipinski definition) is 7. The molecule has 1 rings (SSSR count). The quantitative estimate of drug-likeness (QED) is 0.122. The lowest BCUT2D eigenvalue weighted by molar-refractivity contribution is -0.143. The Labute approximate surface area is 223 Å². The molecule has 5 unspecified atom stereocenters. The lowest BCUT2D eigenvalue weighted by atomic mass is 9.96. The Kier molecular flexibility index (Phi) is 14.6. The Balaban J connectivity index is 2.99. The highest BCUT2D eigenvalue weighted by Crippen LogP contribution is 2.11. The van der Waals surface area contributed by atoms with Gasteiger partial charge < -0.3 is 38.3 Å². The van der Waals surface area contributed by atoms with E-state index in [2.05, 4.69) is 16.0 Å². The molecule has 0 aromatic heterocycles. The smallest absolute Gasteiger partial charge is 0.326 e. The van der Waals surface area contributed by atoms with Crippen molar-refractivity contribution in [3.05, 3.63) is 35.9 Å². The van der Waals surface area contributed by atoms with E-state index >= 15 is 0 Å². The second-order valence-electron chi connectivity index (χ2n) is 9.42. The SMILES string of the molecule is CCC(C)C(NC(=O)C(CCCCN)NC(=O)C(N)Cc1ccccc1)C(=O)NC(CCC(N)=O)C(=O)O. The standard InChI is InChI=1S/C26H42N6O6/c1-3-16(2)22(25(36)31-20(26(37)38)12-13-21(29)33)32-24(35)19(11-7-8-14-27)30-23(34)18(28)15-17-9-5-4-6-10-17/h4-6,9-10,16,18-20,22H,3,7-8,11-15,27-28H2,1-2H3,(H2,29,33)(H,30,34)(H,31,36)(H,32,35)(H,37,38). The topological polar surface area (TPSA) is 220 Å². The number of carboxylic acid groups (broad SMARTS) is 1. The zero-order valence-corrected chi connectivity index (χ0v) is 22.2. The van der Waals surface area contributed by atoms with Crippen LogP contribution in [0.25, 0.3) is 0 Å². The summed E-state index contributed by atoms with van der Waals surface area (Å²) in [6.07, 6.45) is 1.83. The van der Waals surface area contributed by atoms with Crippen molar-refractivity contribution in [3.63, 3.8) is 0 Å². The van der Waals surface area contributed by atoms with Crippen molar-refractivity contribution < 1.29 is 29.1 Å². The van der Waals surface area contributed by atoms with Gasteiger partial charge in [-0.15, -0.1) is 0 Å². The summed E-state index contributed by atoms with van der Waals surface area (Å²) in [4.78, 5) is 61.8. The van der Waals surface area contributed by atoms with Gasteiger partial charge in [0.25, 0.3) is 0 Å². The monoisotopic (exact) mass is 534 g/mol. The minimum atomic E-state index is -1.35. The van der Waals surface area contributed by atoms with Gasteiger partial charge in [0.05, 0.1) is 6.04 Å². The minimum Gasteiger partial charge on any atom is -0.480 e. The van der Waals surface area contributed by atoms with Crippen LogP contribution < -0.4 is 33.2 Å². The van der Waals surface area contributed by atoms with E-state index in [0.29, 0.717) is 25.8 Å². The van der Waals surface area contributed by atoms with Crippen LogP contribution in [0.1, 0.15) is 57.9 Å². The number of rotatable bonds is 18. The fraction of sp³-hybridized carbons (Fsp3) is 0.577. The molecule has 10 N–H and O–H groups in total. The summed E-state index contributed by atoms with van der Waals surface area (Å²) in [5.74, 6) is -4.19. The molecule has 1 aromatic rings. The van der Waals surface area contributed by atoms with Crippen LogP contribution in [-0.2, 0) is 30.4 Å². The summed E-state index contributed by atoms with van der Waals surface area (Å²) in [7, 11) is 0. The van der Waals surface area contributed by atoms with Crippen molar-refractivity contribution in [2.45, 2.75) is 83.0 Å². The first kappa shape index (κ1) is 32.5. The van der Waals surface area contributed by atoms with Gasteiger partial charge in [-0.3, -0.25) is 19.2 Å². The predicted molar refractivity (Wildman–Crippen MR) is 142 cm³/mol. The predicted octanol–water partition coefficient (Wildman–Crippen LogP) is -0.464. The van der Waals surface area contributed by atoms with Gasteiger partial charge in [-0.25, -0.2) is 4.79 Å². The maximum atomic E-state index is 13.3. The van der Waals surface area contributed by atoms with Crippen LogP contribution in [0.2, 0.25) is 0 Å². The van der Waals surface area contributed by atoms with Gasteiger partial charge in [0.15, 0.2) is 0 Å². The first-order valence-corrected chi connectivity index (χ1v) is 12.9. The van der Waals surface area contributed by atoms with E-state index in [-0.39, 0.29) is 31.6 Å². The van der Waals surface area contributed by atoms with E-state index in [1.54, 1.807) is 6.92 Å². The number of unbranched alkanes of at least 4 members (excludes halogenated alkanes) is 1. The zero-order chi connectivity index (χ0) is 28.7. The van der Waals surface area contributed by atoms with Crippen molar-refractivity contribution in [2.75, 3.05) is 6.54 Å². The highest BCUT2D eigenvalue weighted by atomic mass is 16.4. The highest BCUT2D eigenvalue weighted by Gasteiger charge is 2.32. The number of carbonyl (C=O) groups excluding carboxylic acids is 4. The number of primary amides is 1. The van der Waals surface area contributed by atoms with Crippen molar-refractivity contribution >= 4 is 29.6 Å². The number of nitrogens with two attached hydrogens (primary N) is 3. The molecule has 12 heteroatoms. The van der Waals surface area contributed by atoms with Gasteiger partial charge in [0.2, 0.25) is 23.6 Å². The fourth-order valence-electron chi connectivity index (χ4n) is 3.76. The second kappa shape index (κ2) is 17.1. The molecule has 0 fully saturated rings. The molecule has 0 saturated carbocycles. The van der Waals surface area contributed by atoms with Gasteiger partial charge in [0.1, 0.15) is 18.1 Å². The maximum absolute atomic E-state index is 13.3. The van der Waals surface area contributed by atoms with Crippen molar-refractivity contribution in [1.29, 1.82) is 0 Å². The van der Waals surface area contributed by atoms with E-state index in [1.165, 1.54) is 0 Å². The third kappa shape index (κ3) is 11.7. The molecular formula is C26H42N6O6. The third-order valence-electron chi connectivity index (χ3n) is 6.30. The molecule has 0 aliphatic carbocycles. The number of carboxylic acids is 1. The highest BCUT2D eigenvalue weighted by molar-refractivity contribution is 5.94. The number of amides is 4. The molecule has 0 spiro atoms. The Hall–Kier alpha value is -3.51. The molecule has 0 radical (unpaired) electrons. The van der Waals surface area contributed by atoms with Crippen molar-refractivity contribution in [1.82, 2.24) is 16.0 Å². The molecule has 4 amide bonds. The van der Waals surface area contributed by atoms with Crippen LogP contribution in [0, 0.1) is 5.92 Å². The van der Waals surface area contributed by atoms with Gasteiger partial charge in [-0.1, -0.05) is 50.6 Å². The first-order valence-electron chi connectivity index (χ1n) is 12.9. The molecule has 5 atom stereocenters. The average molecular weight is 535 g/mol. The molecule has 38 heavy (non-hydrogen) atoms. The lowest BCUT2D eigenvalue weighted by Crippen LogP contribution is -2.58. The summed E-state index contributed by atoms with van der Waals surface area (Å²) < 4.78 is 0. The molecule has 0 aliphatic rings. The Morgan fingerprint density at radius 3 is 2.08 bits per heavy atom. The molecule has 0 heterocycles. The first-order chi connectivity index (χ1) is 18.0. The van der Waals surface area contributed by atoms with Crippen LogP contribution in [-0.4, -0.2) is 65.4 Å². The Bertz CT molecular complexity index is 928. The number of aliphatic carboxylic acids is 1. The summed E-state index contributed by atoms with van der Waals surface area (Å²) in [6.45, 7) is 3.97. The number of nitrogens with one attached hydrogen (secondary N) is 3. The second-order valence-corrected chi connectivity index (χ2v) is 9.42. The van der Waals surface area contributed by atoms with E-state index in [0.717, 1.165) is 5.56 Å². The lowest BCUT2D eigenvalue weighted by Gasteiger charge is -2.28. The molecular weight excluding hydrogens is 492 g/mol. The minimum absolute atomic E-state index is 0.186. The maximum Gasteiger partial charge on any atom is 0.326 e. The van der Waals surface area contributed by atoms with E-state index in [9.17, 15) is 29.1 Å². The number of hydrogen-bond donors (Lipinski definition) is 7. The van der Waals surface area contributed by atoms with Crippen molar-refractivity contribution in [3.8, 4) is 0 Å². The van der Waals surface area contributed by atoms with E-state index in [1.807, 2.05) is 37.3 Å². The summed E-state index contributed by atoms with van der Waals surface area (Å²) in [6, 6.07) is 4.94. The van der Waals surface area contributed by atoms with Crippen LogP contribution >= 0.6 is 0 Å². The summed E-state index contributed by atoms with van der Waals surface area (Å²) in [5, 5.41) is 17.2. The zero-order valence-electron chi connectivity index (χ0n) is 22.2. The molecule has 212 valence electrons. The van der Waals surface area contributed by atoms with Gasteiger partial charge in [0, 0.05) is 6.42 Å². The Morgan fingerprint density at radius 1 is 0.895 bits per heavy atom. The molecule has 0 bridgehead atoms. The fourth-order valence-corrected chi connectivity index (χ4v) is 3.76. The van der Waals surface area contributed by atoms with E-state index < -0.39 is 53.8 Å². The number of carbonyl (C=O) groups is 5. The third-order valence-corrected chi connectivity index (χ3v) is 6.30. The van der Waals surface area contributed by atoms with Crippen LogP contribution in [0.5, 0.6) is 0 Å². The largest absolute Gasteiger partial charge is 0.480 e.